The van der Waals surface area contributed by atoms with Gasteiger partial charge in [0.05, 0.1) is 6.61 Å². The highest BCUT2D eigenvalue weighted by atomic mass is 16.5. The van der Waals surface area contributed by atoms with E-state index >= 15 is 0 Å². The van der Waals surface area contributed by atoms with E-state index < -0.39 is 0 Å². The maximum atomic E-state index is 10.5. The quantitative estimate of drug-likeness (QED) is 0.0585. The van der Waals surface area contributed by atoms with Gasteiger partial charge >= 0.3 is 5.97 Å². The molecule has 0 aromatic rings. The summed E-state index contributed by atoms with van der Waals surface area (Å²) >= 11 is 0. The second-order valence-electron chi connectivity index (χ2n) is 9.30. The molecule has 0 saturated heterocycles. The summed E-state index contributed by atoms with van der Waals surface area (Å²) in [6, 6.07) is 0. The minimum Gasteiger partial charge on any atom is -0.466 e. The number of carbonyl (C=O) groups is 2. The summed E-state index contributed by atoms with van der Waals surface area (Å²) in [5.41, 5.74) is 0. The monoisotopic (exact) mass is 490 g/mol. The van der Waals surface area contributed by atoms with E-state index in [1.165, 1.54) is 96.8 Å². The number of ether oxygens (including phenoxy) is 1. The van der Waals surface area contributed by atoms with Gasteiger partial charge in [0.2, 0.25) is 0 Å². The van der Waals surface area contributed by atoms with Crippen molar-refractivity contribution >= 4 is 12.3 Å². The van der Waals surface area contributed by atoms with E-state index in [2.05, 4.69) is 50.3 Å². The van der Waals surface area contributed by atoms with Crippen LogP contribution in [0.5, 0.6) is 0 Å². The van der Waals surface area contributed by atoms with Crippen molar-refractivity contribution in [2.75, 3.05) is 6.61 Å². The van der Waals surface area contributed by atoms with Gasteiger partial charge in [-0.2, -0.15) is 0 Å². The van der Waals surface area contributed by atoms with Crippen LogP contribution in [0.3, 0.4) is 0 Å². The van der Waals surface area contributed by atoms with E-state index in [9.17, 15) is 9.59 Å². The van der Waals surface area contributed by atoms with E-state index in [1.54, 1.807) is 0 Å². The highest BCUT2D eigenvalue weighted by molar-refractivity contribution is 5.65. The van der Waals surface area contributed by atoms with Crippen LogP contribution >= 0.6 is 0 Å². The van der Waals surface area contributed by atoms with Gasteiger partial charge in [0.15, 0.2) is 0 Å². The molecule has 0 bridgehead atoms. The predicted octanol–water partition coefficient (Wildman–Crippen LogP) is 10.2. The van der Waals surface area contributed by atoms with E-state index in [-0.39, 0.29) is 5.97 Å². The largest absolute Gasteiger partial charge is 0.466 e. The molecule has 0 amide bonds. The van der Waals surface area contributed by atoms with Gasteiger partial charge in [-0.15, -0.1) is 0 Å². The molecular weight excluding hydrogens is 432 g/mol. The number of rotatable bonds is 24. The molecule has 0 radical (unpaired) electrons. The van der Waals surface area contributed by atoms with Crippen molar-refractivity contribution in [3.63, 3.8) is 0 Å². The van der Waals surface area contributed by atoms with Gasteiger partial charge in [-0.3, -0.25) is 4.79 Å². The normalized spacial score (nSPS) is 11.3. The van der Waals surface area contributed by atoms with Crippen molar-refractivity contribution in [3.05, 3.63) is 36.5 Å². The summed E-state index contributed by atoms with van der Waals surface area (Å²) in [6.07, 6.45) is 38.9. The summed E-state index contributed by atoms with van der Waals surface area (Å²) < 4.78 is 4.89. The molecule has 0 unspecified atom stereocenters. The van der Waals surface area contributed by atoms with Crippen molar-refractivity contribution in [1.29, 1.82) is 0 Å². The Balaban J connectivity index is 0. The predicted molar refractivity (Wildman–Crippen MR) is 154 cm³/mol. The van der Waals surface area contributed by atoms with Gasteiger partial charge in [-0.05, 0) is 64.2 Å². The Morgan fingerprint density at radius 1 is 0.543 bits per heavy atom. The lowest BCUT2D eigenvalue weighted by Crippen LogP contribution is -1.99. The highest BCUT2D eigenvalue weighted by Crippen LogP contribution is 2.09. The van der Waals surface area contributed by atoms with Crippen molar-refractivity contribution in [1.82, 2.24) is 0 Å². The average Bonchev–Trinajstić information content (AvgIpc) is 2.85. The second kappa shape index (κ2) is 34.5. The fourth-order valence-corrected chi connectivity index (χ4v) is 3.58. The first-order valence-corrected chi connectivity index (χ1v) is 14.7. The lowest BCUT2D eigenvalue weighted by atomic mass is 10.1. The van der Waals surface area contributed by atoms with Gasteiger partial charge in [-0.25, -0.2) is 0 Å². The van der Waals surface area contributed by atoms with E-state index in [0.717, 1.165) is 44.8 Å². The molecule has 35 heavy (non-hydrogen) atoms. The summed E-state index contributed by atoms with van der Waals surface area (Å²) in [5.74, 6) is -0.170. The Morgan fingerprint density at radius 2 is 0.971 bits per heavy atom. The van der Waals surface area contributed by atoms with Crippen LogP contribution in [0.4, 0.5) is 0 Å². The molecule has 3 nitrogen and oxygen atoms in total. The van der Waals surface area contributed by atoms with Crippen LogP contribution in [0.15, 0.2) is 36.5 Å². The standard InChI is InChI=1S/C18H32O2.C14H26O/c1-3-4-5-6-7-8-9-10-11-12-13-14-15-16-17-20-18(2)19;1-2-3-4-5-6-7-8-9-10-11-12-13-14-15/h6-7,10-11H,3-5,8-9,12-17H2,1-2H3;3-4,14H,2,5-13H2,1H3/b7-6+,11-10+;4-3+. The van der Waals surface area contributed by atoms with E-state index in [1.807, 2.05) is 0 Å². The minimum atomic E-state index is -0.170. The maximum Gasteiger partial charge on any atom is 0.302 e. The molecule has 0 rings (SSSR count). The van der Waals surface area contributed by atoms with Gasteiger partial charge in [0, 0.05) is 13.3 Å². The lowest BCUT2D eigenvalue weighted by Gasteiger charge is -2.00. The third-order valence-electron chi connectivity index (χ3n) is 5.72. The van der Waals surface area contributed by atoms with Gasteiger partial charge in [0.1, 0.15) is 6.29 Å². The Hall–Kier alpha value is -1.64. The number of esters is 1. The van der Waals surface area contributed by atoms with Gasteiger partial charge < -0.3 is 9.53 Å². The zero-order valence-electron chi connectivity index (χ0n) is 23.6. The van der Waals surface area contributed by atoms with Crippen LogP contribution in [0.1, 0.15) is 149 Å². The first-order chi connectivity index (χ1) is 17.2. The summed E-state index contributed by atoms with van der Waals surface area (Å²) in [5, 5.41) is 0. The third kappa shape index (κ3) is 39.8. The summed E-state index contributed by atoms with van der Waals surface area (Å²) in [6.45, 7) is 6.45. The fourth-order valence-electron chi connectivity index (χ4n) is 3.58. The third-order valence-corrected chi connectivity index (χ3v) is 5.72. The number of unbranched alkanes of at least 4 members (excludes halogenated alkanes) is 15. The number of carbonyl (C=O) groups excluding carboxylic acids is 2. The number of hydrogen-bond donors (Lipinski definition) is 0. The molecule has 204 valence electrons. The molecule has 0 aromatic carbocycles. The summed E-state index contributed by atoms with van der Waals surface area (Å²) in [7, 11) is 0. The highest BCUT2D eigenvalue weighted by Gasteiger charge is 1.93. The SMILES string of the molecule is CC/C=C/CCCCCCCCCC=O.CCCC/C=C/CC/C=C/CCCCCCOC(C)=O. The minimum absolute atomic E-state index is 0.170. The molecule has 0 N–H and O–H groups in total. The van der Waals surface area contributed by atoms with Gasteiger partial charge in [0.25, 0.3) is 0 Å². The van der Waals surface area contributed by atoms with Crippen molar-refractivity contribution < 1.29 is 14.3 Å². The van der Waals surface area contributed by atoms with Crippen LogP contribution in [0.25, 0.3) is 0 Å². The fraction of sp³-hybridized carbons (Fsp3) is 0.750. The van der Waals surface area contributed by atoms with Crippen molar-refractivity contribution in [3.8, 4) is 0 Å². The van der Waals surface area contributed by atoms with Gasteiger partial charge in [-0.1, -0.05) is 108 Å². The van der Waals surface area contributed by atoms with E-state index in [0.29, 0.717) is 6.61 Å². The van der Waals surface area contributed by atoms with E-state index in [4.69, 9.17) is 4.74 Å². The molecule has 0 atom stereocenters. The number of aldehydes is 1. The molecule has 0 spiro atoms. The molecular formula is C32H58O3. The van der Waals surface area contributed by atoms with Crippen LogP contribution in [0, 0.1) is 0 Å². The molecule has 0 saturated carbocycles. The molecule has 3 heteroatoms. The van der Waals surface area contributed by atoms with Crippen molar-refractivity contribution in [2.24, 2.45) is 0 Å². The number of hydrogen-bond acceptors (Lipinski definition) is 3. The Morgan fingerprint density at radius 3 is 1.46 bits per heavy atom. The van der Waals surface area contributed by atoms with Crippen LogP contribution in [-0.4, -0.2) is 18.9 Å². The topological polar surface area (TPSA) is 43.4 Å². The first kappa shape index (κ1) is 35.5. The Labute approximate surface area is 218 Å². The number of allylic oxidation sites excluding steroid dienone is 6. The zero-order valence-corrected chi connectivity index (χ0v) is 23.6. The first-order valence-electron chi connectivity index (χ1n) is 14.7. The molecule has 0 aliphatic carbocycles. The molecule has 0 aliphatic heterocycles. The Kier molecular flexibility index (Phi) is 35.0. The zero-order chi connectivity index (χ0) is 26.1. The molecule has 0 aromatic heterocycles. The molecule has 0 fully saturated rings. The van der Waals surface area contributed by atoms with Crippen molar-refractivity contribution in [2.45, 2.75) is 149 Å². The van der Waals surface area contributed by atoms with Crippen LogP contribution in [0.2, 0.25) is 0 Å². The molecule has 0 aliphatic rings. The second-order valence-corrected chi connectivity index (χ2v) is 9.30. The smallest absolute Gasteiger partial charge is 0.302 e. The lowest BCUT2D eigenvalue weighted by molar-refractivity contribution is -0.141. The Bertz CT molecular complexity index is 505. The summed E-state index contributed by atoms with van der Waals surface area (Å²) in [4.78, 5) is 20.6. The van der Waals surface area contributed by atoms with Crippen LogP contribution in [-0.2, 0) is 14.3 Å². The molecule has 0 heterocycles. The average molecular weight is 491 g/mol. The maximum absolute atomic E-state index is 10.5. The van der Waals surface area contributed by atoms with Crippen LogP contribution < -0.4 is 0 Å².